The average Bonchev–Trinajstić information content (AvgIpc) is 3.03. The first kappa shape index (κ1) is 13.4. The molecule has 0 radical (unpaired) electrons. The zero-order valence-electron chi connectivity index (χ0n) is 11.8. The van der Waals surface area contributed by atoms with Gasteiger partial charge in [0.1, 0.15) is 23.2 Å². The van der Waals surface area contributed by atoms with Crippen LogP contribution in [0.5, 0.6) is 11.5 Å². The molecular weight excluding hydrogens is 260 g/mol. The van der Waals surface area contributed by atoms with E-state index in [2.05, 4.69) is 0 Å². The number of carbonyl (C=O) groups excluding carboxylic acids is 1. The number of phenolic OH excluding ortho intramolecular Hbond substituents is 1. The van der Waals surface area contributed by atoms with Crippen molar-refractivity contribution in [3.05, 3.63) is 23.3 Å². The van der Waals surface area contributed by atoms with Gasteiger partial charge in [0.25, 0.3) is 0 Å². The number of phenols is 1. The molecule has 0 aliphatic carbocycles. The van der Waals surface area contributed by atoms with E-state index in [9.17, 15) is 9.90 Å². The van der Waals surface area contributed by atoms with Crippen molar-refractivity contribution >= 4 is 5.78 Å². The summed E-state index contributed by atoms with van der Waals surface area (Å²) in [7, 11) is 0. The molecule has 1 fully saturated rings. The van der Waals surface area contributed by atoms with Gasteiger partial charge >= 0.3 is 0 Å². The van der Waals surface area contributed by atoms with Crippen LogP contribution in [0.15, 0.2) is 12.1 Å². The largest absolute Gasteiger partial charge is 0.507 e. The number of benzene rings is 1. The highest BCUT2D eigenvalue weighted by molar-refractivity contribution is 5.97. The second-order valence-electron chi connectivity index (χ2n) is 5.48. The van der Waals surface area contributed by atoms with Gasteiger partial charge in [-0.15, -0.1) is 0 Å². The fourth-order valence-electron chi connectivity index (χ4n) is 2.63. The lowest BCUT2D eigenvalue weighted by Gasteiger charge is -2.22. The van der Waals surface area contributed by atoms with Gasteiger partial charge in [-0.05, 0) is 26.8 Å². The van der Waals surface area contributed by atoms with E-state index in [0.29, 0.717) is 24.5 Å². The molecule has 0 saturated carbocycles. The van der Waals surface area contributed by atoms with E-state index in [-0.39, 0.29) is 29.3 Å². The summed E-state index contributed by atoms with van der Waals surface area (Å²) in [5, 5.41) is 9.89. The molecule has 2 aliphatic heterocycles. The Bertz CT molecular complexity index is 562. The molecule has 1 aromatic rings. The molecule has 1 aromatic carbocycles. The lowest BCUT2D eigenvalue weighted by Crippen LogP contribution is -2.35. The molecule has 5 nitrogen and oxygen atoms in total. The molecule has 2 aliphatic rings. The van der Waals surface area contributed by atoms with Crippen LogP contribution in [0.4, 0.5) is 0 Å². The van der Waals surface area contributed by atoms with E-state index in [4.69, 9.17) is 14.2 Å². The monoisotopic (exact) mass is 278 g/mol. The smallest absolute Gasteiger partial charge is 0.163 e. The quantitative estimate of drug-likeness (QED) is 0.675. The number of ether oxygens (including phenoxy) is 3. The maximum Gasteiger partial charge on any atom is 0.163 e. The van der Waals surface area contributed by atoms with Crippen molar-refractivity contribution in [3.63, 3.8) is 0 Å². The van der Waals surface area contributed by atoms with Crippen LogP contribution < -0.4 is 4.74 Å². The van der Waals surface area contributed by atoms with Crippen LogP contribution in [0.3, 0.4) is 0 Å². The first-order valence-electron chi connectivity index (χ1n) is 6.76. The highest BCUT2D eigenvalue weighted by Crippen LogP contribution is 2.49. The van der Waals surface area contributed by atoms with Crippen molar-refractivity contribution in [2.75, 3.05) is 13.2 Å². The summed E-state index contributed by atoms with van der Waals surface area (Å²) < 4.78 is 17.1. The van der Waals surface area contributed by atoms with Gasteiger partial charge in [-0.2, -0.15) is 0 Å². The Morgan fingerprint density at radius 1 is 1.55 bits per heavy atom. The topological polar surface area (TPSA) is 68.3 Å². The number of Topliss-reactive ketones (excluding diaryl/α,β-unsaturated/α-hetero) is 1. The number of hydrogen-bond acceptors (Lipinski definition) is 5. The van der Waals surface area contributed by atoms with Crippen LogP contribution in [-0.4, -0.2) is 35.8 Å². The van der Waals surface area contributed by atoms with Crippen LogP contribution >= 0.6 is 0 Å². The first-order valence-corrected chi connectivity index (χ1v) is 6.76. The number of hydrogen-bond donors (Lipinski definition) is 1. The van der Waals surface area contributed by atoms with Crippen LogP contribution in [0.2, 0.25) is 0 Å². The van der Waals surface area contributed by atoms with Crippen LogP contribution in [0.25, 0.3) is 0 Å². The van der Waals surface area contributed by atoms with E-state index >= 15 is 0 Å². The van der Waals surface area contributed by atoms with E-state index in [1.807, 2.05) is 13.8 Å². The maximum absolute atomic E-state index is 11.6. The van der Waals surface area contributed by atoms with Gasteiger partial charge in [0.05, 0.1) is 12.2 Å². The first-order chi connectivity index (χ1) is 9.46. The Morgan fingerprint density at radius 2 is 2.25 bits per heavy atom. The van der Waals surface area contributed by atoms with Gasteiger partial charge in [0, 0.05) is 18.2 Å². The summed E-state index contributed by atoms with van der Waals surface area (Å²) in [6, 6.07) is 3.16. The summed E-state index contributed by atoms with van der Waals surface area (Å²) in [5.74, 6) is 0.319. The standard InChI is InChI=1S/C15H18O5/c1-4-18-13-10-5-9(8(2)16)11(17)6-12(10)20-14(13)15(3)7-19-15/h5-6,13-14,17H,4,7H2,1-3H3. The molecule has 1 N–H and O–H groups in total. The SMILES string of the molecule is CCOC1c2cc(C(C)=O)c(O)cc2OC1C1(C)CO1. The number of epoxide rings is 1. The van der Waals surface area contributed by atoms with Crippen molar-refractivity contribution in [1.29, 1.82) is 0 Å². The number of fused-ring (bicyclic) bond motifs is 1. The third kappa shape index (κ3) is 1.98. The van der Waals surface area contributed by atoms with Gasteiger partial charge in [0.15, 0.2) is 11.9 Å². The van der Waals surface area contributed by atoms with Crippen LogP contribution in [-0.2, 0) is 9.47 Å². The summed E-state index contributed by atoms with van der Waals surface area (Å²) in [5.41, 5.74) is 0.737. The molecule has 0 bridgehead atoms. The lowest BCUT2D eigenvalue weighted by molar-refractivity contribution is -0.0297. The molecule has 0 aromatic heterocycles. The second kappa shape index (κ2) is 4.46. The second-order valence-corrected chi connectivity index (χ2v) is 5.48. The van der Waals surface area contributed by atoms with Gasteiger partial charge in [-0.25, -0.2) is 0 Å². The molecular formula is C15H18O5. The van der Waals surface area contributed by atoms with Gasteiger partial charge < -0.3 is 19.3 Å². The third-order valence-corrected chi connectivity index (χ3v) is 3.89. The van der Waals surface area contributed by atoms with Crippen molar-refractivity contribution in [1.82, 2.24) is 0 Å². The van der Waals surface area contributed by atoms with E-state index in [1.54, 1.807) is 6.07 Å². The molecule has 0 amide bonds. The maximum atomic E-state index is 11.6. The Labute approximate surface area is 117 Å². The highest BCUT2D eigenvalue weighted by atomic mass is 16.6. The number of carbonyl (C=O) groups is 1. The zero-order chi connectivity index (χ0) is 14.5. The fourth-order valence-corrected chi connectivity index (χ4v) is 2.63. The molecule has 3 rings (SSSR count). The predicted molar refractivity (Wildman–Crippen MR) is 71.3 cm³/mol. The van der Waals surface area contributed by atoms with E-state index in [1.165, 1.54) is 13.0 Å². The van der Waals surface area contributed by atoms with Crippen molar-refractivity contribution in [3.8, 4) is 11.5 Å². The number of ketones is 1. The normalized spacial score (nSPS) is 30.8. The Hall–Kier alpha value is -1.59. The van der Waals surface area contributed by atoms with Crippen molar-refractivity contribution in [2.45, 2.75) is 38.6 Å². The van der Waals surface area contributed by atoms with E-state index in [0.717, 1.165) is 5.56 Å². The van der Waals surface area contributed by atoms with E-state index < -0.39 is 0 Å². The number of rotatable bonds is 4. The zero-order valence-corrected chi connectivity index (χ0v) is 11.8. The molecule has 108 valence electrons. The predicted octanol–water partition coefficient (Wildman–Crippen LogP) is 2.22. The minimum Gasteiger partial charge on any atom is -0.507 e. The molecule has 20 heavy (non-hydrogen) atoms. The Balaban J connectivity index is 2.03. The third-order valence-electron chi connectivity index (χ3n) is 3.89. The van der Waals surface area contributed by atoms with Crippen molar-refractivity contribution in [2.24, 2.45) is 0 Å². The lowest BCUT2D eigenvalue weighted by atomic mass is 9.95. The van der Waals surface area contributed by atoms with Gasteiger partial charge in [-0.1, -0.05) is 0 Å². The van der Waals surface area contributed by atoms with Crippen molar-refractivity contribution < 1.29 is 24.1 Å². The molecule has 2 heterocycles. The Kier molecular flexibility index (Phi) is 2.99. The summed E-state index contributed by atoms with van der Waals surface area (Å²) in [4.78, 5) is 11.6. The molecule has 1 saturated heterocycles. The van der Waals surface area contributed by atoms with Crippen LogP contribution in [0.1, 0.15) is 42.8 Å². The number of aromatic hydroxyl groups is 1. The van der Waals surface area contributed by atoms with Gasteiger partial charge in [0.2, 0.25) is 0 Å². The van der Waals surface area contributed by atoms with Crippen LogP contribution in [0, 0.1) is 0 Å². The molecule has 5 heteroatoms. The summed E-state index contributed by atoms with van der Waals surface area (Å²) >= 11 is 0. The summed E-state index contributed by atoms with van der Waals surface area (Å²) in [6.07, 6.45) is -0.528. The highest BCUT2D eigenvalue weighted by Gasteiger charge is 2.56. The van der Waals surface area contributed by atoms with Gasteiger partial charge in [-0.3, -0.25) is 4.79 Å². The molecule has 3 atom stereocenters. The minimum absolute atomic E-state index is 0.0611. The fraction of sp³-hybridized carbons (Fsp3) is 0.533. The summed E-state index contributed by atoms with van der Waals surface area (Å²) in [6.45, 7) is 6.48. The molecule has 0 spiro atoms. The molecule has 3 unspecified atom stereocenters. The Morgan fingerprint density at radius 3 is 2.80 bits per heavy atom. The minimum atomic E-state index is -0.356. The average molecular weight is 278 g/mol.